The highest BCUT2D eigenvalue weighted by atomic mass is 31.2. The zero-order valence-corrected chi connectivity index (χ0v) is 61.4. The molecule has 0 radical (unpaired) electrons. The maximum Gasteiger partial charge on any atom is 0.472 e. The summed E-state index contributed by atoms with van der Waals surface area (Å²) in [7, 11) is -9.93. The van der Waals surface area contributed by atoms with Crippen LogP contribution in [0.15, 0.2) is 60.8 Å². The van der Waals surface area contributed by atoms with Crippen LogP contribution in [0.5, 0.6) is 0 Å². The Bertz CT molecular complexity index is 2030. The molecule has 3 N–H and O–H groups in total. The molecule has 0 aliphatic heterocycles. The van der Waals surface area contributed by atoms with Gasteiger partial charge in [-0.3, -0.25) is 37.3 Å². The molecular weight excluding hydrogens is 1230 g/mol. The molecule has 0 aromatic carbocycles. The first kappa shape index (κ1) is 90.8. The van der Waals surface area contributed by atoms with Crippen molar-refractivity contribution in [3.8, 4) is 0 Å². The number of ether oxygens (including phenoxy) is 4. The Hall–Kier alpha value is -3.24. The number of carbonyl (C=O) groups is 4. The quantitative estimate of drug-likeness (QED) is 0.0169. The molecule has 0 spiro atoms. The second kappa shape index (κ2) is 68.3. The van der Waals surface area contributed by atoms with Gasteiger partial charge in [0, 0.05) is 25.7 Å². The monoisotopic (exact) mass is 1370 g/mol. The minimum absolute atomic E-state index is 0.0977. The molecule has 0 saturated heterocycles. The summed E-state index contributed by atoms with van der Waals surface area (Å²) >= 11 is 0. The summed E-state index contributed by atoms with van der Waals surface area (Å²) in [4.78, 5) is 72.7. The first-order chi connectivity index (χ1) is 45.7. The minimum atomic E-state index is -4.97. The number of allylic oxidation sites excluding steroid dienone is 10. The van der Waals surface area contributed by atoms with Crippen molar-refractivity contribution in [2.24, 2.45) is 0 Å². The number of carbonyl (C=O) groups excluding carboxylic acids is 4. The Labute approximate surface area is 571 Å². The predicted molar refractivity (Wildman–Crippen MR) is 381 cm³/mol. The topological polar surface area (TPSA) is 237 Å². The standard InChI is InChI=1S/C75H136O17P2/c1-5-9-13-17-21-25-29-31-32-33-34-35-36-38-41-44-48-52-56-60-73(78)86-66-71(92-75(80)62-58-54-50-46-42-37-30-26-22-18-14-10-6-2)68-90-94(83,84)88-64-69(76)63-87-93(81,82)89-67-70(91-74(79)61-57-53-49-45-40-28-24-20-16-12-8-4)65-85-72(77)59-55-51-47-43-39-27-23-19-15-11-7-3/h9,13,19,21,23,25,31-32,34-35,69-71,76H,5-8,10-12,14-18,20,22,24,26-30,33,36-68H2,1-4H3,(H,81,82)(H,83,84)/b13-9-,23-19-,25-21-,32-31-,35-34-. The fourth-order valence-electron chi connectivity index (χ4n) is 10.3. The van der Waals surface area contributed by atoms with Crippen molar-refractivity contribution in [2.45, 2.75) is 354 Å². The number of aliphatic hydroxyl groups excluding tert-OH is 1. The molecule has 94 heavy (non-hydrogen) atoms. The zero-order valence-electron chi connectivity index (χ0n) is 59.6. The molecule has 0 aliphatic rings. The maximum atomic E-state index is 13.1. The maximum absolute atomic E-state index is 13.1. The molecule has 17 nitrogen and oxygen atoms in total. The van der Waals surface area contributed by atoms with Crippen LogP contribution in [0.25, 0.3) is 0 Å². The molecule has 19 heteroatoms. The van der Waals surface area contributed by atoms with Gasteiger partial charge in [0.25, 0.3) is 0 Å². The van der Waals surface area contributed by atoms with Crippen molar-refractivity contribution in [1.82, 2.24) is 0 Å². The number of aliphatic hydroxyl groups is 1. The van der Waals surface area contributed by atoms with Crippen LogP contribution in [-0.4, -0.2) is 96.7 Å². The van der Waals surface area contributed by atoms with Gasteiger partial charge in [-0.15, -0.1) is 0 Å². The van der Waals surface area contributed by atoms with E-state index in [1.165, 1.54) is 103 Å². The third-order valence-corrected chi connectivity index (χ3v) is 17.9. The largest absolute Gasteiger partial charge is 0.472 e. The first-order valence-corrected chi connectivity index (χ1v) is 40.5. The van der Waals surface area contributed by atoms with Gasteiger partial charge in [0.15, 0.2) is 12.2 Å². The molecule has 0 aromatic rings. The van der Waals surface area contributed by atoms with Gasteiger partial charge in [0.2, 0.25) is 0 Å². The Kier molecular flexibility index (Phi) is 65.9. The summed E-state index contributed by atoms with van der Waals surface area (Å²) in [5.74, 6) is -2.17. The molecule has 0 saturated carbocycles. The molecule has 0 heterocycles. The van der Waals surface area contributed by atoms with Crippen LogP contribution >= 0.6 is 15.6 Å². The third kappa shape index (κ3) is 67.3. The zero-order chi connectivity index (χ0) is 69.0. The molecular formula is C75H136O17P2. The molecule has 5 unspecified atom stereocenters. The van der Waals surface area contributed by atoms with Crippen molar-refractivity contribution in [1.29, 1.82) is 0 Å². The highest BCUT2D eigenvalue weighted by Crippen LogP contribution is 2.45. The van der Waals surface area contributed by atoms with E-state index in [9.17, 15) is 43.2 Å². The van der Waals surface area contributed by atoms with Gasteiger partial charge >= 0.3 is 39.5 Å². The van der Waals surface area contributed by atoms with Crippen LogP contribution < -0.4 is 0 Å². The molecule has 0 bridgehead atoms. The Morgan fingerprint density at radius 3 is 0.894 bits per heavy atom. The van der Waals surface area contributed by atoms with Gasteiger partial charge < -0.3 is 33.8 Å². The van der Waals surface area contributed by atoms with Crippen LogP contribution in [-0.2, 0) is 65.4 Å². The number of hydrogen-bond donors (Lipinski definition) is 3. The third-order valence-electron chi connectivity index (χ3n) is 16.0. The Balaban J connectivity index is 5.27. The molecule has 0 aliphatic carbocycles. The lowest BCUT2D eigenvalue weighted by Gasteiger charge is -2.21. The summed E-state index contributed by atoms with van der Waals surface area (Å²) in [5, 5.41) is 10.6. The lowest BCUT2D eigenvalue weighted by atomic mass is 10.0. The van der Waals surface area contributed by atoms with Gasteiger partial charge in [-0.05, 0) is 83.5 Å². The van der Waals surface area contributed by atoms with E-state index in [1.807, 2.05) is 0 Å². The summed E-state index contributed by atoms with van der Waals surface area (Å²) in [6.07, 6.45) is 65.1. The molecule has 0 amide bonds. The molecule has 548 valence electrons. The average Bonchev–Trinajstić information content (AvgIpc) is 1.73. The van der Waals surface area contributed by atoms with E-state index in [0.29, 0.717) is 25.7 Å². The number of unbranched alkanes of at least 4 members (excludes halogenated alkanes) is 35. The van der Waals surface area contributed by atoms with E-state index in [0.717, 1.165) is 154 Å². The van der Waals surface area contributed by atoms with Gasteiger partial charge in [0.05, 0.1) is 26.4 Å². The highest BCUT2D eigenvalue weighted by Gasteiger charge is 2.30. The van der Waals surface area contributed by atoms with E-state index >= 15 is 0 Å². The van der Waals surface area contributed by atoms with Crippen molar-refractivity contribution >= 4 is 39.5 Å². The second-order valence-corrected chi connectivity index (χ2v) is 28.1. The van der Waals surface area contributed by atoms with Crippen LogP contribution in [0.4, 0.5) is 0 Å². The van der Waals surface area contributed by atoms with Gasteiger partial charge in [0.1, 0.15) is 19.3 Å². The lowest BCUT2D eigenvalue weighted by molar-refractivity contribution is -0.161. The molecule has 5 atom stereocenters. The van der Waals surface area contributed by atoms with Crippen molar-refractivity contribution in [2.75, 3.05) is 39.6 Å². The van der Waals surface area contributed by atoms with Gasteiger partial charge in [-0.1, -0.05) is 288 Å². The number of rotatable bonds is 71. The number of phosphoric acid groups is 2. The average molecular weight is 1370 g/mol. The molecule has 0 fully saturated rings. The van der Waals surface area contributed by atoms with E-state index in [-0.39, 0.29) is 25.7 Å². The number of esters is 4. The van der Waals surface area contributed by atoms with Crippen molar-refractivity contribution < 1.29 is 80.2 Å². The van der Waals surface area contributed by atoms with Crippen molar-refractivity contribution in [3.05, 3.63) is 60.8 Å². The van der Waals surface area contributed by atoms with Crippen LogP contribution in [0.2, 0.25) is 0 Å². The Morgan fingerprint density at radius 2 is 0.564 bits per heavy atom. The van der Waals surface area contributed by atoms with Crippen LogP contribution in [0, 0.1) is 0 Å². The minimum Gasteiger partial charge on any atom is -0.462 e. The SMILES string of the molecule is CC/C=C\C/C=C\C/C=C\C/C=C\CCCCCCCCC(=O)OCC(COP(=O)(O)OCC(O)COP(=O)(O)OCC(COC(=O)CCCCCCC/C=C\CCCC)OC(=O)CCCCCCCCCCCCC)OC(=O)CCCCCCCCCCCCCCC. The molecule has 0 aromatic heterocycles. The summed E-state index contributed by atoms with van der Waals surface area (Å²) in [6, 6.07) is 0. The highest BCUT2D eigenvalue weighted by molar-refractivity contribution is 7.47. The van der Waals surface area contributed by atoms with Crippen LogP contribution in [0.3, 0.4) is 0 Å². The van der Waals surface area contributed by atoms with E-state index in [1.54, 1.807) is 0 Å². The summed E-state index contributed by atoms with van der Waals surface area (Å²) in [6.45, 7) is 4.73. The number of hydrogen-bond acceptors (Lipinski definition) is 15. The number of phosphoric ester groups is 2. The van der Waals surface area contributed by atoms with Crippen LogP contribution in [0.1, 0.15) is 336 Å². The van der Waals surface area contributed by atoms with Gasteiger partial charge in [-0.2, -0.15) is 0 Å². The summed E-state index contributed by atoms with van der Waals surface area (Å²) < 4.78 is 68.3. The predicted octanol–water partition coefficient (Wildman–Crippen LogP) is 21.1. The van der Waals surface area contributed by atoms with E-state index in [4.69, 9.17) is 37.0 Å². The van der Waals surface area contributed by atoms with Crippen molar-refractivity contribution in [3.63, 3.8) is 0 Å². The fourth-order valence-corrected chi connectivity index (χ4v) is 11.8. The second-order valence-electron chi connectivity index (χ2n) is 25.2. The first-order valence-electron chi connectivity index (χ1n) is 37.5. The normalized spacial score (nSPS) is 14.3. The lowest BCUT2D eigenvalue weighted by Crippen LogP contribution is -2.30. The fraction of sp³-hybridized carbons (Fsp3) is 0.813. The smallest absolute Gasteiger partial charge is 0.462 e. The Morgan fingerprint density at radius 1 is 0.309 bits per heavy atom. The van der Waals surface area contributed by atoms with E-state index < -0.39 is 97.5 Å². The van der Waals surface area contributed by atoms with E-state index in [2.05, 4.69) is 88.5 Å². The summed E-state index contributed by atoms with van der Waals surface area (Å²) in [5.41, 5.74) is 0. The molecule has 0 rings (SSSR count). The van der Waals surface area contributed by atoms with Gasteiger partial charge in [-0.25, -0.2) is 9.13 Å².